The van der Waals surface area contributed by atoms with Crippen LogP contribution in [0.2, 0.25) is 0 Å². The minimum absolute atomic E-state index is 0. The van der Waals surface area contributed by atoms with Crippen LogP contribution in [0.1, 0.15) is 36.0 Å². The van der Waals surface area contributed by atoms with Crippen LogP contribution in [-0.2, 0) is 11.3 Å². The molecule has 4 rings (SSSR count). The number of para-hydroxylation sites is 1. The van der Waals surface area contributed by atoms with Crippen LogP contribution in [0.15, 0.2) is 90.0 Å². The molecular formula is C29H29ClN4O4. The average Bonchev–Trinajstić information content (AvgIpc) is 2.87. The number of halogens is 1. The number of anilines is 2. The number of carbonyl (C=O) groups is 2. The van der Waals surface area contributed by atoms with Gasteiger partial charge in [-0.25, -0.2) is 9.78 Å². The molecule has 38 heavy (non-hydrogen) atoms. The van der Waals surface area contributed by atoms with Gasteiger partial charge in [-0.15, -0.1) is 12.4 Å². The van der Waals surface area contributed by atoms with Gasteiger partial charge in [0.1, 0.15) is 5.82 Å². The Morgan fingerprint density at radius 1 is 0.974 bits per heavy atom. The maximum absolute atomic E-state index is 13.2. The number of hydrogen-bond acceptors (Lipinski definition) is 4. The second-order valence-corrected chi connectivity index (χ2v) is 8.92. The quantitative estimate of drug-likeness (QED) is 0.261. The first kappa shape index (κ1) is 28.1. The summed E-state index contributed by atoms with van der Waals surface area (Å²) < 4.78 is 1.62. The van der Waals surface area contributed by atoms with E-state index in [4.69, 9.17) is 5.11 Å². The molecule has 9 heteroatoms. The number of nitrogens with one attached hydrogen (secondary N) is 2. The summed E-state index contributed by atoms with van der Waals surface area (Å²) in [7, 11) is 0. The van der Waals surface area contributed by atoms with E-state index in [0.29, 0.717) is 29.2 Å². The van der Waals surface area contributed by atoms with Gasteiger partial charge in [0.15, 0.2) is 0 Å². The first-order valence-corrected chi connectivity index (χ1v) is 11.9. The molecule has 4 aromatic rings. The lowest BCUT2D eigenvalue weighted by atomic mass is 9.97. The number of pyridine rings is 2. The number of aryl methyl sites for hydroxylation is 1. The number of carboxylic acids is 1. The highest BCUT2D eigenvalue weighted by molar-refractivity contribution is 5.99. The van der Waals surface area contributed by atoms with Crippen LogP contribution in [0.5, 0.6) is 0 Å². The molecule has 2 amide bonds. The molecule has 0 aliphatic rings. The van der Waals surface area contributed by atoms with Crippen molar-refractivity contribution in [2.45, 2.75) is 32.7 Å². The Morgan fingerprint density at radius 3 is 2.37 bits per heavy atom. The number of benzene rings is 2. The van der Waals surface area contributed by atoms with Gasteiger partial charge in [0.05, 0.1) is 13.0 Å². The van der Waals surface area contributed by atoms with E-state index in [1.165, 1.54) is 0 Å². The molecule has 3 N–H and O–H groups in total. The number of amides is 2. The maximum Gasteiger partial charge on any atom is 0.324 e. The summed E-state index contributed by atoms with van der Waals surface area (Å²) in [5.41, 5.74) is 4.52. The van der Waals surface area contributed by atoms with Crippen LogP contribution < -0.4 is 16.2 Å². The zero-order valence-corrected chi connectivity index (χ0v) is 21.9. The van der Waals surface area contributed by atoms with Crippen molar-refractivity contribution in [2.24, 2.45) is 0 Å². The van der Waals surface area contributed by atoms with Gasteiger partial charge in [0, 0.05) is 29.2 Å². The van der Waals surface area contributed by atoms with E-state index >= 15 is 0 Å². The van der Waals surface area contributed by atoms with Gasteiger partial charge in [-0.1, -0.05) is 49.4 Å². The fourth-order valence-electron chi connectivity index (χ4n) is 4.02. The highest BCUT2D eigenvalue weighted by Crippen LogP contribution is 2.20. The predicted octanol–water partition coefficient (Wildman–Crippen LogP) is 5.91. The van der Waals surface area contributed by atoms with E-state index in [-0.39, 0.29) is 30.3 Å². The van der Waals surface area contributed by atoms with Crippen LogP contribution in [-0.4, -0.2) is 26.7 Å². The summed E-state index contributed by atoms with van der Waals surface area (Å²) in [4.78, 5) is 40.7. The normalized spacial score (nSPS) is 11.2. The van der Waals surface area contributed by atoms with E-state index in [1.807, 2.05) is 68.4 Å². The van der Waals surface area contributed by atoms with Gasteiger partial charge in [0.2, 0.25) is 0 Å². The Kier molecular flexibility index (Phi) is 9.40. The first-order chi connectivity index (χ1) is 17.8. The fraction of sp³-hybridized carbons (Fsp3) is 0.172. The zero-order valence-electron chi connectivity index (χ0n) is 21.0. The van der Waals surface area contributed by atoms with Crippen LogP contribution in [0.25, 0.3) is 11.1 Å². The summed E-state index contributed by atoms with van der Waals surface area (Å²) in [6, 6.07) is 21.7. The number of urea groups is 1. The van der Waals surface area contributed by atoms with Gasteiger partial charge in [-0.05, 0) is 59.9 Å². The van der Waals surface area contributed by atoms with E-state index in [0.717, 1.165) is 16.7 Å². The molecule has 0 unspecified atom stereocenters. The second-order valence-electron chi connectivity index (χ2n) is 8.92. The van der Waals surface area contributed by atoms with Crippen molar-refractivity contribution in [1.82, 2.24) is 9.55 Å². The highest BCUT2D eigenvalue weighted by atomic mass is 35.5. The molecule has 0 radical (unpaired) electrons. The molecule has 0 bridgehead atoms. The zero-order chi connectivity index (χ0) is 26.4. The third kappa shape index (κ3) is 7.08. The van der Waals surface area contributed by atoms with Crippen LogP contribution in [0, 0.1) is 6.92 Å². The fourth-order valence-corrected chi connectivity index (χ4v) is 4.02. The Balaban J connectivity index is 0.00000400. The topological polar surface area (TPSA) is 113 Å². The van der Waals surface area contributed by atoms with Crippen molar-refractivity contribution in [3.8, 4) is 11.1 Å². The Labute approximate surface area is 226 Å². The number of carboxylic acid groups (broad SMARTS) is 1. The molecule has 0 spiro atoms. The van der Waals surface area contributed by atoms with E-state index in [1.54, 1.807) is 35.2 Å². The predicted molar refractivity (Wildman–Crippen MR) is 151 cm³/mol. The number of aromatic nitrogens is 2. The first-order valence-electron chi connectivity index (χ1n) is 11.9. The minimum Gasteiger partial charge on any atom is -0.481 e. The lowest BCUT2D eigenvalue weighted by molar-refractivity contribution is -0.137. The number of hydrogen-bond donors (Lipinski definition) is 3. The van der Waals surface area contributed by atoms with Crippen molar-refractivity contribution < 1.29 is 14.7 Å². The minimum atomic E-state index is -0.830. The molecular weight excluding hydrogens is 504 g/mol. The Morgan fingerprint density at radius 2 is 1.71 bits per heavy atom. The Hall–Kier alpha value is -4.43. The summed E-state index contributed by atoms with van der Waals surface area (Å²) in [5, 5.41) is 14.5. The molecule has 2 aromatic heterocycles. The van der Waals surface area contributed by atoms with Gasteiger partial charge in [0.25, 0.3) is 5.56 Å². The largest absolute Gasteiger partial charge is 0.481 e. The maximum atomic E-state index is 13.2. The van der Waals surface area contributed by atoms with Crippen LogP contribution in [0.3, 0.4) is 0 Å². The molecule has 0 aliphatic heterocycles. The molecule has 0 aliphatic carbocycles. The molecule has 0 saturated carbocycles. The van der Waals surface area contributed by atoms with Crippen LogP contribution >= 0.6 is 12.4 Å². The van der Waals surface area contributed by atoms with Crippen molar-refractivity contribution in [3.63, 3.8) is 0 Å². The SMILES string of the molecule is Cc1ccccc1NC(=O)Nc1ccc(-c2cccn(Cc3ccc([C@H](C)CC(=O)O)cc3)c2=O)cn1.Cl. The van der Waals surface area contributed by atoms with Gasteiger partial charge < -0.3 is 15.0 Å². The van der Waals surface area contributed by atoms with Crippen molar-refractivity contribution >= 4 is 35.9 Å². The standard InChI is InChI=1S/C29H28N4O4.ClH/c1-19-6-3-4-8-25(19)31-29(37)32-26-14-13-23(17-30-26)24-7-5-15-33(28(24)36)18-21-9-11-22(12-10-21)20(2)16-27(34)35;/h3-15,17,20H,16,18H2,1-2H3,(H,34,35)(H2,30,31,32,37);1H/t20-;/m1./s1. The average molecular weight is 533 g/mol. The van der Waals surface area contributed by atoms with Crippen molar-refractivity contribution in [3.05, 3.63) is 112 Å². The van der Waals surface area contributed by atoms with Gasteiger partial charge in [-0.2, -0.15) is 0 Å². The molecule has 0 fully saturated rings. The van der Waals surface area contributed by atoms with E-state index in [9.17, 15) is 14.4 Å². The third-order valence-corrected chi connectivity index (χ3v) is 6.11. The smallest absolute Gasteiger partial charge is 0.324 e. The molecule has 2 heterocycles. The number of aliphatic carboxylic acids is 1. The van der Waals surface area contributed by atoms with Gasteiger partial charge in [-0.3, -0.25) is 14.9 Å². The highest BCUT2D eigenvalue weighted by Gasteiger charge is 2.12. The summed E-state index contributed by atoms with van der Waals surface area (Å²) in [6.45, 7) is 4.17. The second kappa shape index (κ2) is 12.7. The third-order valence-electron chi connectivity index (χ3n) is 6.11. The lowest BCUT2D eigenvalue weighted by Gasteiger charge is -2.12. The van der Waals surface area contributed by atoms with E-state index in [2.05, 4.69) is 15.6 Å². The summed E-state index contributed by atoms with van der Waals surface area (Å²) >= 11 is 0. The van der Waals surface area contributed by atoms with Crippen molar-refractivity contribution in [1.29, 1.82) is 0 Å². The molecule has 8 nitrogen and oxygen atoms in total. The molecule has 196 valence electrons. The van der Waals surface area contributed by atoms with Crippen molar-refractivity contribution in [2.75, 3.05) is 10.6 Å². The number of nitrogens with zero attached hydrogens (tertiary/aromatic N) is 2. The van der Waals surface area contributed by atoms with Crippen LogP contribution in [0.4, 0.5) is 16.3 Å². The monoisotopic (exact) mass is 532 g/mol. The lowest BCUT2D eigenvalue weighted by Crippen LogP contribution is -2.22. The summed E-state index contributed by atoms with van der Waals surface area (Å²) in [6.07, 6.45) is 3.36. The molecule has 1 atom stereocenters. The number of rotatable bonds is 8. The number of carbonyl (C=O) groups excluding carboxylic acids is 1. The Bertz CT molecular complexity index is 1470. The molecule has 2 aromatic carbocycles. The summed E-state index contributed by atoms with van der Waals surface area (Å²) in [5.74, 6) is -0.553. The molecule has 0 saturated heterocycles. The van der Waals surface area contributed by atoms with E-state index < -0.39 is 12.0 Å². The van der Waals surface area contributed by atoms with Gasteiger partial charge >= 0.3 is 12.0 Å².